The van der Waals surface area contributed by atoms with Crippen LogP contribution in [0.2, 0.25) is 0 Å². The van der Waals surface area contributed by atoms with Crippen LogP contribution in [0.1, 0.15) is 5.56 Å². The van der Waals surface area contributed by atoms with Gasteiger partial charge >= 0.3 is 5.97 Å². The van der Waals surface area contributed by atoms with Crippen molar-refractivity contribution in [1.82, 2.24) is 5.32 Å². The zero-order valence-electron chi connectivity index (χ0n) is 12.5. The van der Waals surface area contributed by atoms with Crippen LogP contribution in [-0.4, -0.2) is 25.0 Å². The molecule has 0 saturated heterocycles. The number of nitrogens with one attached hydrogen (secondary N) is 1. The third kappa shape index (κ3) is 5.78. The van der Waals surface area contributed by atoms with Gasteiger partial charge in [-0.1, -0.05) is 18.2 Å². The minimum Gasteiger partial charge on any atom is -0.484 e. The van der Waals surface area contributed by atoms with Crippen molar-refractivity contribution in [3.05, 3.63) is 59.9 Å². The maximum atomic E-state index is 12.9. The molecule has 2 aromatic rings. The Balaban J connectivity index is 1.72. The molecular weight excluding hydrogens is 301 g/mol. The lowest BCUT2D eigenvalue weighted by Gasteiger charge is -2.08. The fraction of sp³-hybridized carbons (Fsp3) is 0.176. The van der Waals surface area contributed by atoms with E-state index in [0.717, 1.165) is 5.56 Å². The average molecular weight is 317 g/mol. The Kier molecular flexibility index (Phi) is 5.68. The second-order valence-corrected chi connectivity index (χ2v) is 4.81. The number of amides is 1. The molecule has 0 aromatic heterocycles. The predicted octanol–water partition coefficient (Wildman–Crippen LogP) is 2.23. The standard InChI is InChI=1S/C17H16FNO4/c1-12-4-2-7-15(8-12)23-17(21)10-19-16(20)11-22-14-6-3-5-13(18)9-14/h2-9H,10-11H2,1H3,(H,19,20). The minimum absolute atomic E-state index is 0.238. The lowest BCUT2D eigenvalue weighted by molar-refractivity contribution is -0.135. The molecular formula is C17H16FNO4. The summed E-state index contributed by atoms with van der Waals surface area (Å²) < 4.78 is 23.1. The topological polar surface area (TPSA) is 64.6 Å². The van der Waals surface area contributed by atoms with E-state index in [0.29, 0.717) is 5.75 Å². The molecule has 120 valence electrons. The smallest absolute Gasteiger partial charge is 0.330 e. The van der Waals surface area contributed by atoms with Crippen molar-refractivity contribution >= 4 is 11.9 Å². The van der Waals surface area contributed by atoms with Crippen LogP contribution < -0.4 is 14.8 Å². The van der Waals surface area contributed by atoms with Crippen LogP contribution in [-0.2, 0) is 9.59 Å². The van der Waals surface area contributed by atoms with E-state index in [9.17, 15) is 14.0 Å². The van der Waals surface area contributed by atoms with Crippen molar-refractivity contribution in [2.24, 2.45) is 0 Å². The zero-order chi connectivity index (χ0) is 16.7. The maximum absolute atomic E-state index is 12.9. The van der Waals surface area contributed by atoms with Crippen molar-refractivity contribution in [2.45, 2.75) is 6.92 Å². The average Bonchev–Trinajstić information content (AvgIpc) is 2.51. The fourth-order valence-corrected chi connectivity index (χ4v) is 1.77. The Labute approximate surface area is 133 Å². The molecule has 0 spiro atoms. The molecule has 0 aliphatic heterocycles. The molecule has 0 aliphatic rings. The molecule has 0 saturated carbocycles. The second-order valence-electron chi connectivity index (χ2n) is 4.81. The second kappa shape index (κ2) is 7.93. The number of rotatable bonds is 6. The number of hydrogen-bond donors (Lipinski definition) is 1. The first-order valence-corrected chi connectivity index (χ1v) is 6.95. The van der Waals surface area contributed by atoms with Crippen LogP contribution in [0.25, 0.3) is 0 Å². The van der Waals surface area contributed by atoms with Gasteiger partial charge in [0.15, 0.2) is 6.61 Å². The van der Waals surface area contributed by atoms with E-state index in [-0.39, 0.29) is 18.9 Å². The highest BCUT2D eigenvalue weighted by Crippen LogP contribution is 2.12. The number of hydrogen-bond acceptors (Lipinski definition) is 4. The van der Waals surface area contributed by atoms with Crippen molar-refractivity contribution in [2.75, 3.05) is 13.2 Å². The van der Waals surface area contributed by atoms with Crippen LogP contribution in [0.5, 0.6) is 11.5 Å². The molecule has 0 bridgehead atoms. The third-order valence-electron chi connectivity index (χ3n) is 2.82. The van der Waals surface area contributed by atoms with E-state index in [1.54, 1.807) is 18.2 Å². The fourth-order valence-electron chi connectivity index (χ4n) is 1.77. The Hall–Kier alpha value is -2.89. The number of carbonyl (C=O) groups excluding carboxylic acids is 2. The largest absolute Gasteiger partial charge is 0.484 e. The summed E-state index contributed by atoms with van der Waals surface area (Å²) in [7, 11) is 0. The number of ether oxygens (including phenoxy) is 2. The minimum atomic E-state index is -0.588. The molecule has 0 radical (unpaired) electrons. The summed E-state index contributed by atoms with van der Waals surface area (Å²) in [6, 6.07) is 12.5. The molecule has 2 aromatic carbocycles. The summed E-state index contributed by atoms with van der Waals surface area (Å²) in [5.74, 6) is -0.891. The van der Waals surface area contributed by atoms with Crippen molar-refractivity contribution in [1.29, 1.82) is 0 Å². The molecule has 23 heavy (non-hydrogen) atoms. The number of benzene rings is 2. The molecule has 0 fully saturated rings. The summed E-state index contributed by atoms with van der Waals surface area (Å²) in [4.78, 5) is 23.2. The van der Waals surface area contributed by atoms with Gasteiger partial charge in [-0.3, -0.25) is 4.79 Å². The quantitative estimate of drug-likeness (QED) is 0.655. The van der Waals surface area contributed by atoms with Crippen LogP contribution in [0, 0.1) is 12.7 Å². The summed E-state index contributed by atoms with van der Waals surface area (Å²) in [6.07, 6.45) is 0. The number of esters is 1. The Morgan fingerprint density at radius 1 is 1.09 bits per heavy atom. The first kappa shape index (κ1) is 16.5. The third-order valence-corrected chi connectivity index (χ3v) is 2.82. The van der Waals surface area contributed by atoms with E-state index in [1.165, 1.54) is 24.3 Å². The Morgan fingerprint density at radius 2 is 1.83 bits per heavy atom. The van der Waals surface area contributed by atoms with Gasteiger partial charge in [0, 0.05) is 6.07 Å². The summed E-state index contributed by atoms with van der Waals surface area (Å²) in [6.45, 7) is 1.28. The van der Waals surface area contributed by atoms with Gasteiger partial charge in [-0.25, -0.2) is 9.18 Å². The van der Waals surface area contributed by atoms with Gasteiger partial charge in [-0.15, -0.1) is 0 Å². The van der Waals surface area contributed by atoms with Crippen LogP contribution >= 0.6 is 0 Å². The molecule has 2 rings (SSSR count). The first-order valence-electron chi connectivity index (χ1n) is 6.95. The molecule has 1 amide bonds. The lowest BCUT2D eigenvalue weighted by Crippen LogP contribution is -2.35. The van der Waals surface area contributed by atoms with Gasteiger partial charge in [0.1, 0.15) is 23.9 Å². The van der Waals surface area contributed by atoms with E-state index in [1.807, 2.05) is 13.0 Å². The highest BCUT2D eigenvalue weighted by Gasteiger charge is 2.09. The van der Waals surface area contributed by atoms with Crippen molar-refractivity contribution < 1.29 is 23.5 Å². The van der Waals surface area contributed by atoms with Gasteiger partial charge in [-0.2, -0.15) is 0 Å². The van der Waals surface area contributed by atoms with Crippen LogP contribution in [0.15, 0.2) is 48.5 Å². The molecule has 1 N–H and O–H groups in total. The zero-order valence-corrected chi connectivity index (χ0v) is 12.5. The summed E-state index contributed by atoms with van der Waals surface area (Å²) in [5, 5.41) is 2.37. The maximum Gasteiger partial charge on any atom is 0.330 e. The SMILES string of the molecule is Cc1cccc(OC(=O)CNC(=O)COc2cccc(F)c2)c1. The van der Waals surface area contributed by atoms with Gasteiger partial charge < -0.3 is 14.8 Å². The van der Waals surface area contributed by atoms with E-state index < -0.39 is 17.7 Å². The number of carbonyl (C=O) groups is 2. The number of halogens is 1. The molecule has 0 heterocycles. The van der Waals surface area contributed by atoms with Gasteiger partial charge in [0.05, 0.1) is 0 Å². The normalized spacial score (nSPS) is 10.0. The molecule has 0 aliphatic carbocycles. The number of aryl methyl sites for hydroxylation is 1. The van der Waals surface area contributed by atoms with E-state index in [2.05, 4.69) is 5.32 Å². The molecule has 0 unspecified atom stereocenters. The van der Waals surface area contributed by atoms with Crippen LogP contribution in [0.4, 0.5) is 4.39 Å². The van der Waals surface area contributed by atoms with Gasteiger partial charge in [0.25, 0.3) is 5.91 Å². The highest BCUT2D eigenvalue weighted by molar-refractivity contribution is 5.83. The Bertz CT molecular complexity index is 702. The van der Waals surface area contributed by atoms with Crippen molar-refractivity contribution in [3.8, 4) is 11.5 Å². The van der Waals surface area contributed by atoms with E-state index >= 15 is 0 Å². The molecule has 0 atom stereocenters. The van der Waals surface area contributed by atoms with E-state index in [4.69, 9.17) is 9.47 Å². The Morgan fingerprint density at radius 3 is 2.57 bits per heavy atom. The summed E-state index contributed by atoms with van der Waals surface area (Å²) in [5.41, 5.74) is 0.961. The van der Waals surface area contributed by atoms with Gasteiger partial charge in [-0.05, 0) is 36.8 Å². The monoisotopic (exact) mass is 317 g/mol. The highest BCUT2D eigenvalue weighted by atomic mass is 19.1. The lowest BCUT2D eigenvalue weighted by atomic mass is 10.2. The molecule has 5 nitrogen and oxygen atoms in total. The first-order chi connectivity index (χ1) is 11.0. The summed E-state index contributed by atoms with van der Waals surface area (Å²) >= 11 is 0. The van der Waals surface area contributed by atoms with Crippen molar-refractivity contribution in [3.63, 3.8) is 0 Å². The predicted molar refractivity (Wildman–Crippen MR) is 81.7 cm³/mol. The van der Waals surface area contributed by atoms with Crippen LogP contribution in [0.3, 0.4) is 0 Å². The molecule has 6 heteroatoms. The van der Waals surface area contributed by atoms with Gasteiger partial charge in [0.2, 0.25) is 0 Å².